The van der Waals surface area contributed by atoms with Crippen LogP contribution in [0.3, 0.4) is 0 Å². The van der Waals surface area contributed by atoms with Crippen LogP contribution in [-0.2, 0) is 6.54 Å². The summed E-state index contributed by atoms with van der Waals surface area (Å²) in [5.74, 6) is 0.747. The van der Waals surface area contributed by atoms with Crippen molar-refractivity contribution in [1.82, 2.24) is 9.97 Å². The number of carboxylic acid groups (broad SMARTS) is 1. The van der Waals surface area contributed by atoms with Gasteiger partial charge in [-0.1, -0.05) is 6.07 Å². The molecule has 2 aromatic rings. The van der Waals surface area contributed by atoms with Crippen LogP contribution in [0.25, 0.3) is 0 Å². The standard InChI is InChI=1S/C12H13N3O3/c1-7-8(2)18-11(14-7)6-13-10-5-3-4-9(15-10)12(16)17/h3-5H,6H2,1-2H3,(H,13,15)(H,16,17). The van der Waals surface area contributed by atoms with Gasteiger partial charge in [-0.05, 0) is 26.0 Å². The zero-order valence-electron chi connectivity index (χ0n) is 10.1. The van der Waals surface area contributed by atoms with E-state index in [1.165, 1.54) is 6.07 Å². The lowest BCUT2D eigenvalue weighted by atomic mass is 10.3. The topological polar surface area (TPSA) is 88.2 Å². The van der Waals surface area contributed by atoms with E-state index in [2.05, 4.69) is 15.3 Å². The van der Waals surface area contributed by atoms with Crippen molar-refractivity contribution >= 4 is 11.8 Å². The van der Waals surface area contributed by atoms with Gasteiger partial charge in [-0.2, -0.15) is 0 Å². The van der Waals surface area contributed by atoms with Gasteiger partial charge in [0, 0.05) is 0 Å². The van der Waals surface area contributed by atoms with Gasteiger partial charge in [0.1, 0.15) is 11.6 Å². The summed E-state index contributed by atoms with van der Waals surface area (Å²) in [6.07, 6.45) is 0. The summed E-state index contributed by atoms with van der Waals surface area (Å²) < 4.78 is 5.40. The number of aromatic nitrogens is 2. The van der Waals surface area contributed by atoms with Crippen LogP contribution < -0.4 is 5.32 Å². The van der Waals surface area contributed by atoms with E-state index in [1.54, 1.807) is 12.1 Å². The van der Waals surface area contributed by atoms with Crippen LogP contribution in [0.1, 0.15) is 27.8 Å². The second-order valence-electron chi connectivity index (χ2n) is 3.82. The van der Waals surface area contributed by atoms with E-state index < -0.39 is 5.97 Å². The molecule has 0 aliphatic carbocycles. The molecule has 94 valence electrons. The summed E-state index contributed by atoms with van der Waals surface area (Å²) in [4.78, 5) is 18.9. The predicted octanol–water partition coefficient (Wildman–Crippen LogP) is 2.00. The molecule has 6 nitrogen and oxygen atoms in total. The highest BCUT2D eigenvalue weighted by Crippen LogP contribution is 2.11. The molecule has 0 spiro atoms. The maximum Gasteiger partial charge on any atom is 0.354 e. The number of oxazole rings is 1. The van der Waals surface area contributed by atoms with E-state index in [0.717, 1.165) is 11.5 Å². The molecule has 6 heteroatoms. The first kappa shape index (κ1) is 12.1. The number of aryl methyl sites for hydroxylation is 2. The third-order valence-electron chi connectivity index (χ3n) is 2.46. The Morgan fingerprint density at radius 3 is 2.78 bits per heavy atom. The molecule has 0 bridgehead atoms. The van der Waals surface area contributed by atoms with Crippen molar-refractivity contribution < 1.29 is 14.3 Å². The molecule has 2 aromatic heterocycles. The van der Waals surface area contributed by atoms with Crippen molar-refractivity contribution in [2.45, 2.75) is 20.4 Å². The van der Waals surface area contributed by atoms with Gasteiger partial charge in [-0.3, -0.25) is 0 Å². The minimum atomic E-state index is -1.05. The van der Waals surface area contributed by atoms with Crippen LogP contribution >= 0.6 is 0 Å². The zero-order valence-corrected chi connectivity index (χ0v) is 10.1. The summed E-state index contributed by atoms with van der Waals surface area (Å²) in [6.45, 7) is 4.07. The third kappa shape index (κ3) is 2.65. The lowest BCUT2D eigenvalue weighted by Crippen LogP contribution is -2.05. The van der Waals surface area contributed by atoms with Gasteiger partial charge in [0.2, 0.25) is 5.89 Å². The molecule has 2 heterocycles. The summed E-state index contributed by atoms with van der Waals surface area (Å²) in [5.41, 5.74) is 0.846. The number of aromatic carboxylic acids is 1. The first-order valence-electron chi connectivity index (χ1n) is 5.43. The van der Waals surface area contributed by atoms with E-state index in [-0.39, 0.29) is 5.69 Å². The fourth-order valence-electron chi connectivity index (χ4n) is 1.43. The zero-order chi connectivity index (χ0) is 13.1. The van der Waals surface area contributed by atoms with Crippen LogP contribution in [0, 0.1) is 13.8 Å². The number of carbonyl (C=O) groups is 1. The van der Waals surface area contributed by atoms with Gasteiger partial charge < -0.3 is 14.8 Å². The first-order chi connectivity index (χ1) is 8.56. The van der Waals surface area contributed by atoms with Crippen LogP contribution in [0.15, 0.2) is 22.6 Å². The molecule has 0 atom stereocenters. The molecule has 0 unspecified atom stereocenters. The van der Waals surface area contributed by atoms with E-state index in [4.69, 9.17) is 9.52 Å². The highest BCUT2D eigenvalue weighted by atomic mass is 16.4. The van der Waals surface area contributed by atoms with Gasteiger partial charge in [-0.25, -0.2) is 14.8 Å². The first-order valence-corrected chi connectivity index (χ1v) is 5.43. The van der Waals surface area contributed by atoms with Crippen LogP contribution in [0.2, 0.25) is 0 Å². The Kier molecular flexibility index (Phi) is 3.27. The monoisotopic (exact) mass is 247 g/mol. The minimum absolute atomic E-state index is 0.000217. The Morgan fingerprint density at radius 2 is 2.17 bits per heavy atom. The summed E-state index contributed by atoms with van der Waals surface area (Å²) in [7, 11) is 0. The molecule has 0 fully saturated rings. The second-order valence-corrected chi connectivity index (χ2v) is 3.82. The smallest absolute Gasteiger partial charge is 0.354 e. The van der Waals surface area contributed by atoms with Crippen molar-refractivity contribution in [3.05, 3.63) is 41.2 Å². The molecule has 2 N–H and O–H groups in total. The maximum absolute atomic E-state index is 10.8. The summed E-state index contributed by atoms with van der Waals surface area (Å²) >= 11 is 0. The fraction of sp³-hybridized carbons (Fsp3) is 0.250. The van der Waals surface area contributed by atoms with Crippen LogP contribution in [0.4, 0.5) is 5.82 Å². The largest absolute Gasteiger partial charge is 0.477 e. The molecule has 0 saturated carbocycles. The molecular formula is C12H13N3O3. The third-order valence-corrected chi connectivity index (χ3v) is 2.46. The molecule has 0 aliphatic heterocycles. The van der Waals surface area contributed by atoms with Gasteiger partial charge in [0.05, 0.1) is 12.2 Å². The molecule has 0 aromatic carbocycles. The Hall–Kier alpha value is -2.37. The van der Waals surface area contributed by atoms with Crippen LogP contribution in [-0.4, -0.2) is 21.0 Å². The quantitative estimate of drug-likeness (QED) is 0.859. The van der Waals surface area contributed by atoms with Crippen molar-refractivity contribution in [2.75, 3.05) is 5.32 Å². The van der Waals surface area contributed by atoms with E-state index in [0.29, 0.717) is 18.3 Å². The molecule has 18 heavy (non-hydrogen) atoms. The molecular weight excluding hydrogens is 234 g/mol. The lowest BCUT2D eigenvalue weighted by Gasteiger charge is -2.03. The molecule has 0 saturated heterocycles. The van der Waals surface area contributed by atoms with Gasteiger partial charge in [-0.15, -0.1) is 0 Å². The highest BCUT2D eigenvalue weighted by Gasteiger charge is 2.07. The molecule has 0 amide bonds. The number of hydrogen-bond acceptors (Lipinski definition) is 5. The number of anilines is 1. The van der Waals surface area contributed by atoms with Crippen molar-refractivity contribution in [2.24, 2.45) is 0 Å². The molecule has 0 aliphatic rings. The van der Waals surface area contributed by atoms with Crippen LogP contribution in [0.5, 0.6) is 0 Å². The Balaban J connectivity index is 2.06. The SMILES string of the molecule is Cc1nc(CNc2cccc(C(=O)O)n2)oc1C. The minimum Gasteiger partial charge on any atom is -0.477 e. The molecule has 0 radical (unpaired) electrons. The van der Waals surface area contributed by atoms with Crippen molar-refractivity contribution in [3.63, 3.8) is 0 Å². The number of rotatable bonds is 4. The second kappa shape index (κ2) is 4.87. The van der Waals surface area contributed by atoms with E-state index in [1.807, 2.05) is 13.8 Å². The number of nitrogens with zero attached hydrogens (tertiary/aromatic N) is 2. The average molecular weight is 247 g/mol. The van der Waals surface area contributed by atoms with Crippen molar-refractivity contribution in [1.29, 1.82) is 0 Å². The molecule has 2 rings (SSSR count). The number of hydrogen-bond donors (Lipinski definition) is 2. The van der Waals surface area contributed by atoms with Gasteiger partial charge >= 0.3 is 5.97 Å². The van der Waals surface area contributed by atoms with Gasteiger partial charge in [0.25, 0.3) is 0 Å². The highest BCUT2D eigenvalue weighted by molar-refractivity contribution is 5.85. The Morgan fingerprint density at radius 1 is 1.39 bits per heavy atom. The lowest BCUT2D eigenvalue weighted by molar-refractivity contribution is 0.0690. The average Bonchev–Trinajstić information content (AvgIpc) is 2.67. The van der Waals surface area contributed by atoms with E-state index >= 15 is 0 Å². The van der Waals surface area contributed by atoms with Crippen molar-refractivity contribution in [3.8, 4) is 0 Å². The van der Waals surface area contributed by atoms with Gasteiger partial charge in [0.15, 0.2) is 5.69 Å². The maximum atomic E-state index is 10.8. The normalized spacial score (nSPS) is 10.3. The number of carboxylic acids is 1. The summed E-state index contributed by atoms with van der Waals surface area (Å²) in [6, 6.07) is 4.76. The number of pyridine rings is 1. The van der Waals surface area contributed by atoms with E-state index in [9.17, 15) is 4.79 Å². The predicted molar refractivity (Wildman–Crippen MR) is 64.5 cm³/mol. The Labute approximate surface area is 104 Å². The summed E-state index contributed by atoms with van der Waals surface area (Å²) in [5, 5.41) is 11.8. The number of nitrogens with one attached hydrogen (secondary N) is 1. The Bertz CT molecular complexity index is 558. The fourth-order valence-corrected chi connectivity index (χ4v) is 1.43.